The number of alkyl halides is 3. The van der Waals surface area contributed by atoms with Gasteiger partial charge in [-0.25, -0.2) is 13.4 Å². The van der Waals surface area contributed by atoms with Crippen molar-refractivity contribution in [1.82, 2.24) is 9.88 Å². The number of hydrogen-bond acceptors (Lipinski definition) is 6. The van der Waals surface area contributed by atoms with Gasteiger partial charge in [0, 0.05) is 30.3 Å². The smallest absolute Gasteiger partial charge is 0.416 e. The molecule has 1 heterocycles. The molecule has 0 saturated carbocycles. The molecule has 0 radical (unpaired) electrons. The van der Waals surface area contributed by atoms with E-state index in [1.165, 1.54) is 35.6 Å². The standard InChI is InChI=1S/C22H23F3N2O3S2/c1-27(11-4-12-30-19-5-3-6-20(13-19)32(2,28)29)14-18-15-31-21(26-18)16-7-9-17(10-8-16)22(23,24)25/h3,5-10,13,15H,4,11-12,14H2,1-2H3. The summed E-state index contributed by atoms with van der Waals surface area (Å²) in [6, 6.07) is 11.4. The molecule has 10 heteroatoms. The lowest BCUT2D eigenvalue weighted by Crippen LogP contribution is -2.21. The van der Waals surface area contributed by atoms with Gasteiger partial charge in [0.05, 0.1) is 22.8 Å². The average Bonchev–Trinajstić information content (AvgIpc) is 3.19. The molecule has 0 spiro atoms. The fourth-order valence-corrected chi connectivity index (χ4v) is 4.46. The molecule has 0 aliphatic carbocycles. The lowest BCUT2D eigenvalue weighted by atomic mass is 10.1. The lowest BCUT2D eigenvalue weighted by Gasteiger charge is -2.15. The summed E-state index contributed by atoms with van der Waals surface area (Å²) < 4.78 is 67.0. The maximum atomic E-state index is 12.7. The van der Waals surface area contributed by atoms with Gasteiger partial charge in [0.1, 0.15) is 10.8 Å². The molecule has 32 heavy (non-hydrogen) atoms. The van der Waals surface area contributed by atoms with E-state index < -0.39 is 21.6 Å². The predicted octanol–water partition coefficient (Wildman–Crippen LogP) is 5.13. The van der Waals surface area contributed by atoms with Crippen molar-refractivity contribution in [3.05, 3.63) is 65.2 Å². The number of aromatic nitrogens is 1. The van der Waals surface area contributed by atoms with Gasteiger partial charge in [-0.3, -0.25) is 0 Å². The van der Waals surface area contributed by atoms with Crippen molar-refractivity contribution >= 4 is 21.2 Å². The third-order valence-electron chi connectivity index (χ3n) is 4.63. The summed E-state index contributed by atoms with van der Waals surface area (Å²) in [4.78, 5) is 6.82. The Labute approximate surface area is 189 Å². The van der Waals surface area contributed by atoms with Crippen molar-refractivity contribution in [3.63, 3.8) is 0 Å². The summed E-state index contributed by atoms with van der Waals surface area (Å²) >= 11 is 1.39. The molecule has 2 aromatic carbocycles. The van der Waals surface area contributed by atoms with E-state index in [0.717, 1.165) is 37.0 Å². The Morgan fingerprint density at radius 3 is 2.50 bits per heavy atom. The van der Waals surface area contributed by atoms with Crippen molar-refractivity contribution in [2.75, 3.05) is 26.5 Å². The fourth-order valence-electron chi connectivity index (χ4n) is 2.99. The van der Waals surface area contributed by atoms with Crippen LogP contribution in [0.15, 0.2) is 58.8 Å². The Kier molecular flexibility index (Phi) is 7.58. The molecule has 0 bridgehead atoms. The van der Waals surface area contributed by atoms with E-state index in [0.29, 0.717) is 29.5 Å². The van der Waals surface area contributed by atoms with Crippen LogP contribution in [0, 0.1) is 0 Å². The molecular formula is C22H23F3N2O3S2. The van der Waals surface area contributed by atoms with Gasteiger partial charge in [0.2, 0.25) is 0 Å². The van der Waals surface area contributed by atoms with Crippen LogP contribution in [-0.2, 0) is 22.6 Å². The average molecular weight is 485 g/mol. The fraction of sp³-hybridized carbons (Fsp3) is 0.318. The summed E-state index contributed by atoms with van der Waals surface area (Å²) in [5, 5.41) is 2.58. The van der Waals surface area contributed by atoms with Crippen LogP contribution in [0.3, 0.4) is 0 Å². The summed E-state index contributed by atoms with van der Waals surface area (Å²) in [7, 11) is -1.33. The second-order valence-electron chi connectivity index (χ2n) is 7.41. The Hall–Kier alpha value is -2.43. The van der Waals surface area contributed by atoms with E-state index >= 15 is 0 Å². The van der Waals surface area contributed by atoms with Crippen molar-refractivity contribution in [2.24, 2.45) is 0 Å². The molecule has 0 amide bonds. The zero-order valence-electron chi connectivity index (χ0n) is 17.6. The van der Waals surface area contributed by atoms with E-state index in [-0.39, 0.29) is 4.90 Å². The number of ether oxygens (including phenoxy) is 1. The molecule has 0 aliphatic heterocycles. The minimum Gasteiger partial charge on any atom is -0.494 e. The largest absolute Gasteiger partial charge is 0.494 e. The predicted molar refractivity (Wildman–Crippen MR) is 119 cm³/mol. The van der Waals surface area contributed by atoms with Crippen LogP contribution >= 0.6 is 11.3 Å². The Morgan fingerprint density at radius 2 is 1.84 bits per heavy atom. The summed E-state index contributed by atoms with van der Waals surface area (Å²) in [5.41, 5.74) is 0.818. The third kappa shape index (κ3) is 6.78. The molecule has 0 aliphatic rings. The number of hydrogen-bond donors (Lipinski definition) is 0. The first-order valence-corrected chi connectivity index (χ1v) is 12.5. The highest BCUT2D eigenvalue weighted by atomic mass is 32.2. The van der Waals surface area contributed by atoms with Crippen LogP contribution in [0.1, 0.15) is 17.7 Å². The number of nitrogens with zero attached hydrogens (tertiary/aromatic N) is 2. The van der Waals surface area contributed by atoms with Crippen LogP contribution in [0.4, 0.5) is 13.2 Å². The molecule has 0 fully saturated rings. The molecule has 172 valence electrons. The van der Waals surface area contributed by atoms with E-state index in [1.807, 2.05) is 12.4 Å². The van der Waals surface area contributed by atoms with Gasteiger partial charge >= 0.3 is 6.18 Å². The minimum absolute atomic E-state index is 0.222. The van der Waals surface area contributed by atoms with Gasteiger partial charge in [-0.2, -0.15) is 13.2 Å². The van der Waals surface area contributed by atoms with Gasteiger partial charge in [0.25, 0.3) is 0 Å². The summed E-state index contributed by atoms with van der Waals surface area (Å²) in [6.07, 6.45) is -2.46. The first kappa shape index (κ1) is 24.2. The van der Waals surface area contributed by atoms with Crippen molar-refractivity contribution in [2.45, 2.75) is 24.0 Å². The summed E-state index contributed by atoms with van der Waals surface area (Å²) in [6.45, 7) is 1.77. The van der Waals surface area contributed by atoms with Crippen LogP contribution in [-0.4, -0.2) is 44.8 Å². The molecular weight excluding hydrogens is 461 g/mol. The number of benzene rings is 2. The van der Waals surface area contributed by atoms with Gasteiger partial charge in [0.15, 0.2) is 9.84 Å². The molecule has 5 nitrogen and oxygen atoms in total. The van der Waals surface area contributed by atoms with Gasteiger partial charge in [-0.05, 0) is 43.8 Å². The lowest BCUT2D eigenvalue weighted by molar-refractivity contribution is -0.137. The molecule has 1 aromatic heterocycles. The Balaban J connectivity index is 1.47. The van der Waals surface area contributed by atoms with Crippen molar-refractivity contribution < 1.29 is 26.3 Å². The Bertz CT molecular complexity index is 1140. The van der Waals surface area contributed by atoms with E-state index in [1.54, 1.807) is 12.1 Å². The first-order chi connectivity index (χ1) is 15.0. The molecule has 0 N–H and O–H groups in total. The van der Waals surface area contributed by atoms with E-state index in [2.05, 4.69) is 9.88 Å². The van der Waals surface area contributed by atoms with E-state index in [4.69, 9.17) is 4.74 Å². The Morgan fingerprint density at radius 1 is 1.12 bits per heavy atom. The second kappa shape index (κ2) is 10.0. The molecule has 3 rings (SSSR count). The van der Waals surface area contributed by atoms with Gasteiger partial charge in [-0.15, -0.1) is 11.3 Å². The summed E-state index contributed by atoms with van der Waals surface area (Å²) in [5.74, 6) is 0.510. The van der Waals surface area contributed by atoms with Gasteiger partial charge < -0.3 is 9.64 Å². The highest BCUT2D eigenvalue weighted by Crippen LogP contribution is 2.31. The zero-order valence-corrected chi connectivity index (χ0v) is 19.2. The quantitative estimate of drug-likeness (QED) is 0.394. The molecule has 0 atom stereocenters. The monoisotopic (exact) mass is 484 g/mol. The highest BCUT2D eigenvalue weighted by molar-refractivity contribution is 7.90. The maximum absolute atomic E-state index is 12.7. The SMILES string of the molecule is CN(CCCOc1cccc(S(C)(=O)=O)c1)Cc1csc(-c2ccc(C(F)(F)F)cc2)n1. The zero-order chi connectivity index (χ0) is 23.4. The highest BCUT2D eigenvalue weighted by Gasteiger charge is 2.30. The molecule has 0 saturated heterocycles. The number of halogens is 3. The maximum Gasteiger partial charge on any atom is 0.416 e. The van der Waals surface area contributed by atoms with Crippen molar-refractivity contribution in [3.8, 4) is 16.3 Å². The van der Waals surface area contributed by atoms with Crippen LogP contribution < -0.4 is 4.74 Å². The second-order valence-corrected chi connectivity index (χ2v) is 10.3. The van der Waals surface area contributed by atoms with E-state index in [9.17, 15) is 21.6 Å². The van der Waals surface area contributed by atoms with Crippen LogP contribution in [0.5, 0.6) is 5.75 Å². The first-order valence-electron chi connectivity index (χ1n) is 9.76. The van der Waals surface area contributed by atoms with Crippen LogP contribution in [0.25, 0.3) is 10.6 Å². The normalized spacial score (nSPS) is 12.3. The number of rotatable bonds is 9. The minimum atomic E-state index is -4.35. The topological polar surface area (TPSA) is 59.5 Å². The van der Waals surface area contributed by atoms with Crippen molar-refractivity contribution in [1.29, 1.82) is 0 Å². The number of thiazole rings is 1. The molecule has 3 aromatic rings. The number of sulfone groups is 1. The molecule has 0 unspecified atom stereocenters. The van der Waals surface area contributed by atoms with Gasteiger partial charge in [-0.1, -0.05) is 18.2 Å². The van der Waals surface area contributed by atoms with Crippen LogP contribution in [0.2, 0.25) is 0 Å². The third-order valence-corrected chi connectivity index (χ3v) is 6.68.